The van der Waals surface area contributed by atoms with E-state index in [4.69, 9.17) is 0 Å². The molecule has 4 rings (SSSR count). The molecular formula is C37H47N2O+. The molecule has 0 atom stereocenters. The molecule has 3 heteroatoms. The van der Waals surface area contributed by atoms with Crippen LogP contribution in [0, 0.1) is 27.7 Å². The zero-order chi connectivity index (χ0) is 28.7. The largest absolute Gasteiger partial charge is 0.334 e. The fourth-order valence-electron chi connectivity index (χ4n) is 6.28. The van der Waals surface area contributed by atoms with Crippen molar-refractivity contribution in [1.82, 2.24) is 4.90 Å². The highest BCUT2D eigenvalue weighted by Crippen LogP contribution is 2.21. The molecule has 4 aromatic carbocycles. The van der Waals surface area contributed by atoms with Gasteiger partial charge in [0.25, 0.3) is 5.91 Å². The Balaban J connectivity index is 1.49. The highest BCUT2D eigenvalue weighted by Gasteiger charge is 2.24. The predicted octanol–water partition coefficient (Wildman–Crippen LogP) is 8.55. The number of nitrogens with zero attached hydrogens (tertiary/aromatic N) is 2. The van der Waals surface area contributed by atoms with Crippen molar-refractivity contribution in [3.8, 4) is 0 Å². The van der Waals surface area contributed by atoms with Crippen LogP contribution in [0.25, 0.3) is 10.8 Å². The molecule has 0 bridgehead atoms. The molecule has 0 aliphatic heterocycles. The van der Waals surface area contributed by atoms with Crippen LogP contribution in [0.4, 0.5) is 0 Å². The minimum absolute atomic E-state index is 0.117. The molecule has 0 aromatic heterocycles. The first kappa shape index (κ1) is 29.6. The maximum Gasteiger partial charge on any atom is 0.254 e. The van der Waals surface area contributed by atoms with E-state index in [-0.39, 0.29) is 5.91 Å². The first-order chi connectivity index (χ1) is 19.2. The van der Waals surface area contributed by atoms with Crippen LogP contribution in [-0.2, 0) is 13.1 Å². The quantitative estimate of drug-likeness (QED) is 0.131. The summed E-state index contributed by atoms with van der Waals surface area (Å²) in [5, 5.41) is 2.27. The van der Waals surface area contributed by atoms with Crippen molar-refractivity contribution in [3.05, 3.63) is 118 Å². The van der Waals surface area contributed by atoms with Gasteiger partial charge in [0, 0.05) is 24.2 Å². The standard InChI is InChI=1S/C37H47N2O/c1-7-39(8-2,27-33-23-30(5)20-31(6)24-33)18-12-11-17-38(26-32-21-28(3)19-29(4)22-32)37(40)36-16-15-34-13-9-10-14-35(34)25-36/h9-10,13-16,19-25H,7-8,11-12,17-18,26-27H2,1-6H3/q+1. The van der Waals surface area contributed by atoms with Crippen molar-refractivity contribution in [2.24, 2.45) is 0 Å². The normalized spacial score (nSPS) is 11.7. The third-order valence-electron chi connectivity index (χ3n) is 8.39. The predicted molar refractivity (Wildman–Crippen MR) is 170 cm³/mol. The van der Waals surface area contributed by atoms with Crippen LogP contribution in [0.1, 0.15) is 70.4 Å². The highest BCUT2D eigenvalue weighted by atomic mass is 16.2. The lowest BCUT2D eigenvalue weighted by molar-refractivity contribution is -0.938. The fraction of sp³-hybridized carbons (Fsp3) is 0.378. The molecule has 0 heterocycles. The van der Waals surface area contributed by atoms with Crippen LogP contribution < -0.4 is 0 Å². The van der Waals surface area contributed by atoms with Gasteiger partial charge in [0.05, 0.1) is 19.6 Å². The number of hydrogen-bond donors (Lipinski definition) is 0. The Labute approximate surface area is 242 Å². The number of rotatable bonds is 12. The van der Waals surface area contributed by atoms with Crippen LogP contribution in [0.3, 0.4) is 0 Å². The number of benzene rings is 4. The van der Waals surface area contributed by atoms with Gasteiger partial charge in [0.1, 0.15) is 6.54 Å². The van der Waals surface area contributed by atoms with Gasteiger partial charge in [0.2, 0.25) is 0 Å². The van der Waals surface area contributed by atoms with Crippen LogP contribution in [0.2, 0.25) is 0 Å². The van der Waals surface area contributed by atoms with E-state index in [9.17, 15) is 4.79 Å². The second-order valence-corrected chi connectivity index (χ2v) is 11.8. The van der Waals surface area contributed by atoms with Crippen LogP contribution in [0.5, 0.6) is 0 Å². The Bertz CT molecular complexity index is 1410. The molecule has 0 aliphatic rings. The van der Waals surface area contributed by atoms with Crippen molar-refractivity contribution in [3.63, 3.8) is 0 Å². The van der Waals surface area contributed by atoms with Crippen molar-refractivity contribution < 1.29 is 9.28 Å². The summed E-state index contributed by atoms with van der Waals surface area (Å²) in [5.41, 5.74) is 8.58. The topological polar surface area (TPSA) is 20.3 Å². The van der Waals surface area contributed by atoms with E-state index in [0.717, 1.165) is 66.4 Å². The number of quaternary nitrogens is 1. The number of fused-ring (bicyclic) bond motifs is 1. The van der Waals surface area contributed by atoms with E-state index in [1.165, 1.54) is 33.4 Å². The molecule has 0 N–H and O–H groups in total. The summed E-state index contributed by atoms with van der Waals surface area (Å²) < 4.78 is 1.08. The number of amides is 1. The van der Waals surface area contributed by atoms with Crippen molar-refractivity contribution in [1.29, 1.82) is 0 Å². The molecule has 210 valence electrons. The Morgan fingerprint density at radius 2 is 1.25 bits per heavy atom. The Morgan fingerprint density at radius 1 is 0.675 bits per heavy atom. The van der Waals surface area contributed by atoms with Gasteiger partial charge in [-0.3, -0.25) is 4.79 Å². The van der Waals surface area contributed by atoms with Gasteiger partial charge in [-0.2, -0.15) is 0 Å². The molecule has 0 unspecified atom stereocenters. The van der Waals surface area contributed by atoms with Gasteiger partial charge in [-0.05, 0) is 82.9 Å². The Kier molecular flexibility index (Phi) is 9.81. The summed E-state index contributed by atoms with van der Waals surface area (Å²) in [6.45, 7) is 19.1. The summed E-state index contributed by atoms with van der Waals surface area (Å²) >= 11 is 0. The maximum absolute atomic E-state index is 13.9. The van der Waals surface area contributed by atoms with Crippen LogP contribution in [-0.4, -0.2) is 41.5 Å². The summed E-state index contributed by atoms with van der Waals surface area (Å²) in [7, 11) is 0. The average molecular weight is 536 g/mol. The van der Waals surface area contributed by atoms with E-state index in [0.29, 0.717) is 6.54 Å². The molecule has 3 nitrogen and oxygen atoms in total. The maximum atomic E-state index is 13.9. The molecule has 0 fully saturated rings. The van der Waals surface area contributed by atoms with Gasteiger partial charge in [-0.15, -0.1) is 0 Å². The van der Waals surface area contributed by atoms with Gasteiger partial charge in [-0.1, -0.05) is 89.0 Å². The molecule has 1 amide bonds. The molecule has 0 spiro atoms. The first-order valence-corrected chi connectivity index (χ1v) is 15.0. The first-order valence-electron chi connectivity index (χ1n) is 15.0. The Hall–Kier alpha value is -3.43. The van der Waals surface area contributed by atoms with E-state index < -0.39 is 0 Å². The molecule has 40 heavy (non-hydrogen) atoms. The molecule has 0 saturated carbocycles. The van der Waals surface area contributed by atoms with E-state index in [2.05, 4.69) is 101 Å². The monoisotopic (exact) mass is 535 g/mol. The zero-order valence-corrected chi connectivity index (χ0v) is 25.5. The summed E-state index contributed by atoms with van der Waals surface area (Å²) in [4.78, 5) is 16.0. The van der Waals surface area contributed by atoms with E-state index >= 15 is 0 Å². The second kappa shape index (κ2) is 13.3. The van der Waals surface area contributed by atoms with E-state index in [1.807, 2.05) is 24.3 Å². The van der Waals surface area contributed by atoms with Gasteiger partial charge in [0.15, 0.2) is 0 Å². The fourth-order valence-corrected chi connectivity index (χ4v) is 6.28. The molecule has 0 radical (unpaired) electrons. The van der Waals surface area contributed by atoms with Gasteiger partial charge in [-0.25, -0.2) is 0 Å². The van der Waals surface area contributed by atoms with Crippen molar-refractivity contribution >= 4 is 16.7 Å². The second-order valence-electron chi connectivity index (χ2n) is 11.8. The van der Waals surface area contributed by atoms with Crippen LogP contribution >= 0.6 is 0 Å². The lowest BCUT2D eigenvalue weighted by atomic mass is 10.0. The number of hydrogen-bond acceptors (Lipinski definition) is 1. The van der Waals surface area contributed by atoms with Crippen molar-refractivity contribution in [2.45, 2.75) is 67.5 Å². The van der Waals surface area contributed by atoms with Gasteiger partial charge >= 0.3 is 0 Å². The smallest absolute Gasteiger partial charge is 0.254 e. The lowest BCUT2D eigenvalue weighted by Crippen LogP contribution is -2.47. The highest BCUT2D eigenvalue weighted by molar-refractivity contribution is 5.98. The lowest BCUT2D eigenvalue weighted by Gasteiger charge is -2.37. The van der Waals surface area contributed by atoms with E-state index in [1.54, 1.807) is 0 Å². The molecular weight excluding hydrogens is 488 g/mol. The zero-order valence-electron chi connectivity index (χ0n) is 25.5. The third-order valence-corrected chi connectivity index (χ3v) is 8.39. The summed E-state index contributed by atoms with van der Waals surface area (Å²) in [5.74, 6) is 0.117. The molecule has 0 aliphatic carbocycles. The molecule has 4 aromatic rings. The third kappa shape index (κ3) is 7.61. The number of carbonyl (C=O) groups is 1. The summed E-state index contributed by atoms with van der Waals surface area (Å²) in [6.07, 6.45) is 2.10. The summed E-state index contributed by atoms with van der Waals surface area (Å²) in [6, 6.07) is 27.9. The number of unbranched alkanes of at least 4 members (excludes halogenated alkanes) is 1. The molecule has 0 saturated heterocycles. The van der Waals surface area contributed by atoms with Crippen LogP contribution in [0.15, 0.2) is 78.9 Å². The SMILES string of the molecule is CC[N+](CC)(CCCCN(Cc1cc(C)cc(C)c1)C(=O)c1ccc2ccccc2c1)Cc1cc(C)cc(C)c1. The van der Waals surface area contributed by atoms with Crippen molar-refractivity contribution in [2.75, 3.05) is 26.2 Å². The average Bonchev–Trinajstić information content (AvgIpc) is 2.92. The minimum Gasteiger partial charge on any atom is -0.334 e. The number of carbonyl (C=O) groups excluding carboxylic acids is 1. The van der Waals surface area contributed by atoms with Gasteiger partial charge < -0.3 is 9.38 Å². The number of aryl methyl sites for hydroxylation is 4. The minimum atomic E-state index is 0.117. The Morgan fingerprint density at radius 3 is 1.85 bits per heavy atom.